The number of aliphatic hydroxyl groups excluding tert-OH is 1. The van der Waals surface area contributed by atoms with Gasteiger partial charge >= 0.3 is 0 Å². The van der Waals surface area contributed by atoms with Crippen molar-refractivity contribution in [1.82, 2.24) is 9.55 Å². The summed E-state index contributed by atoms with van der Waals surface area (Å²) in [7, 11) is 0. The first kappa shape index (κ1) is 13.1. The van der Waals surface area contributed by atoms with Gasteiger partial charge < -0.3 is 15.4 Å². The van der Waals surface area contributed by atoms with Crippen molar-refractivity contribution < 1.29 is 5.11 Å². The fourth-order valence-electron chi connectivity index (χ4n) is 3.68. The molecule has 2 unspecified atom stereocenters. The van der Waals surface area contributed by atoms with Crippen molar-refractivity contribution >= 4 is 16.7 Å². The van der Waals surface area contributed by atoms with E-state index in [1.54, 1.807) is 0 Å². The summed E-state index contributed by atoms with van der Waals surface area (Å²) in [5, 5.41) is 10.6. The average molecular weight is 285 g/mol. The van der Waals surface area contributed by atoms with Crippen LogP contribution in [-0.4, -0.2) is 20.8 Å². The topological polar surface area (TPSA) is 64.1 Å². The molecule has 4 heteroatoms. The lowest BCUT2D eigenvalue weighted by molar-refractivity contribution is 0.106. The second kappa shape index (κ2) is 5.02. The fraction of sp³-hybridized carbons (Fsp3) is 0.588. The molecule has 2 aliphatic rings. The number of nitrogens with two attached hydrogens (primary N) is 1. The van der Waals surface area contributed by atoms with Crippen LogP contribution in [0.25, 0.3) is 11.0 Å². The van der Waals surface area contributed by atoms with Crippen LogP contribution in [-0.2, 0) is 0 Å². The van der Waals surface area contributed by atoms with E-state index in [-0.39, 0.29) is 12.1 Å². The monoisotopic (exact) mass is 285 g/mol. The van der Waals surface area contributed by atoms with E-state index in [0.717, 1.165) is 36.0 Å². The molecule has 4 rings (SSSR count). The van der Waals surface area contributed by atoms with Gasteiger partial charge in [-0.3, -0.25) is 0 Å². The third-order valence-corrected chi connectivity index (χ3v) is 4.96. The number of nitrogens with zero attached hydrogens (tertiary/aromatic N) is 2. The summed E-state index contributed by atoms with van der Waals surface area (Å²) >= 11 is 0. The van der Waals surface area contributed by atoms with Crippen molar-refractivity contribution in [3.8, 4) is 0 Å². The predicted molar refractivity (Wildman–Crippen MR) is 84.2 cm³/mol. The van der Waals surface area contributed by atoms with E-state index in [2.05, 4.69) is 10.6 Å². The molecule has 2 atom stereocenters. The molecule has 1 heterocycles. The van der Waals surface area contributed by atoms with Crippen molar-refractivity contribution in [1.29, 1.82) is 0 Å². The Bertz CT molecular complexity index is 659. The van der Waals surface area contributed by atoms with E-state index in [1.807, 2.05) is 12.1 Å². The van der Waals surface area contributed by atoms with Gasteiger partial charge in [0.2, 0.25) is 0 Å². The normalized spacial score (nSPS) is 26.9. The molecule has 2 fully saturated rings. The number of nitrogen functional groups attached to an aromatic ring is 1. The zero-order chi connectivity index (χ0) is 14.4. The summed E-state index contributed by atoms with van der Waals surface area (Å²) in [6.45, 7) is 0. The maximum atomic E-state index is 10.6. The van der Waals surface area contributed by atoms with Gasteiger partial charge in [-0.25, -0.2) is 4.98 Å². The lowest BCUT2D eigenvalue weighted by atomic mass is 10.0. The summed E-state index contributed by atoms with van der Waals surface area (Å²) < 4.78 is 2.34. The highest BCUT2D eigenvalue weighted by molar-refractivity contribution is 5.80. The fourth-order valence-corrected chi connectivity index (χ4v) is 3.68. The van der Waals surface area contributed by atoms with Crippen molar-refractivity contribution in [2.75, 3.05) is 5.73 Å². The Morgan fingerprint density at radius 3 is 2.71 bits per heavy atom. The van der Waals surface area contributed by atoms with Gasteiger partial charge in [-0.15, -0.1) is 0 Å². The molecule has 0 aliphatic heterocycles. The maximum Gasteiger partial charge on any atom is 0.113 e. The van der Waals surface area contributed by atoms with Gasteiger partial charge in [0.05, 0.1) is 23.2 Å². The Kier molecular flexibility index (Phi) is 3.14. The highest BCUT2D eigenvalue weighted by atomic mass is 16.3. The summed E-state index contributed by atoms with van der Waals surface area (Å²) in [6.07, 6.45) is 7.71. The summed E-state index contributed by atoms with van der Waals surface area (Å²) in [5.41, 5.74) is 8.78. The van der Waals surface area contributed by atoms with Gasteiger partial charge in [-0.2, -0.15) is 0 Å². The Balaban J connectivity index is 1.86. The van der Waals surface area contributed by atoms with Crippen LogP contribution in [0.4, 0.5) is 5.69 Å². The molecule has 2 aliphatic carbocycles. The first-order chi connectivity index (χ1) is 10.2. The lowest BCUT2D eigenvalue weighted by Crippen LogP contribution is -2.24. The molecule has 0 radical (unpaired) electrons. The van der Waals surface area contributed by atoms with E-state index < -0.39 is 0 Å². The molecule has 112 valence electrons. The van der Waals surface area contributed by atoms with Crippen LogP contribution in [0.1, 0.15) is 62.7 Å². The largest absolute Gasteiger partial charge is 0.399 e. The minimum atomic E-state index is -0.250. The molecule has 2 saturated carbocycles. The standard InChI is InChI=1S/C17H23N3O/c18-12-8-9-14-13(10-12)19-17(11-6-7-11)20(14)15-4-2-1-3-5-16(15)21/h8-11,15-16,21H,1-7,18H2. The van der Waals surface area contributed by atoms with E-state index >= 15 is 0 Å². The van der Waals surface area contributed by atoms with Gasteiger partial charge in [0.1, 0.15) is 5.82 Å². The highest BCUT2D eigenvalue weighted by Crippen LogP contribution is 2.43. The third kappa shape index (κ3) is 2.31. The SMILES string of the molecule is Nc1ccc2c(c1)nc(C1CC1)n2C1CCCCCC1O. The van der Waals surface area contributed by atoms with Gasteiger partial charge in [-0.1, -0.05) is 19.3 Å². The van der Waals surface area contributed by atoms with E-state index in [0.29, 0.717) is 5.92 Å². The number of hydrogen-bond donors (Lipinski definition) is 2. The van der Waals surface area contributed by atoms with Gasteiger partial charge in [0.15, 0.2) is 0 Å². The Morgan fingerprint density at radius 1 is 1.10 bits per heavy atom. The zero-order valence-electron chi connectivity index (χ0n) is 12.3. The smallest absolute Gasteiger partial charge is 0.113 e. The number of hydrogen-bond acceptors (Lipinski definition) is 3. The van der Waals surface area contributed by atoms with Crippen LogP contribution in [0.5, 0.6) is 0 Å². The number of fused-ring (bicyclic) bond motifs is 1. The second-order valence-corrected chi connectivity index (χ2v) is 6.64. The first-order valence-electron chi connectivity index (χ1n) is 8.19. The van der Waals surface area contributed by atoms with E-state index in [9.17, 15) is 5.11 Å². The molecule has 0 amide bonds. The lowest BCUT2D eigenvalue weighted by Gasteiger charge is -2.25. The average Bonchev–Trinajstić information content (AvgIpc) is 3.26. The molecular weight excluding hydrogens is 262 g/mol. The Hall–Kier alpha value is -1.55. The number of imidazole rings is 1. The van der Waals surface area contributed by atoms with Crippen LogP contribution in [0.3, 0.4) is 0 Å². The Morgan fingerprint density at radius 2 is 1.90 bits per heavy atom. The number of anilines is 1. The molecular formula is C17H23N3O. The molecule has 0 bridgehead atoms. The molecule has 1 aromatic carbocycles. The van der Waals surface area contributed by atoms with Crippen molar-refractivity contribution in [2.24, 2.45) is 0 Å². The van der Waals surface area contributed by atoms with Gasteiger partial charge in [0, 0.05) is 11.6 Å². The van der Waals surface area contributed by atoms with Gasteiger partial charge in [0.25, 0.3) is 0 Å². The molecule has 0 saturated heterocycles. The maximum absolute atomic E-state index is 10.6. The van der Waals surface area contributed by atoms with E-state index in [4.69, 9.17) is 10.7 Å². The van der Waals surface area contributed by atoms with Crippen molar-refractivity contribution in [3.63, 3.8) is 0 Å². The van der Waals surface area contributed by atoms with Crippen molar-refractivity contribution in [3.05, 3.63) is 24.0 Å². The zero-order valence-corrected chi connectivity index (χ0v) is 12.3. The van der Waals surface area contributed by atoms with E-state index in [1.165, 1.54) is 31.5 Å². The van der Waals surface area contributed by atoms with Crippen LogP contribution >= 0.6 is 0 Å². The predicted octanol–water partition coefficient (Wildman–Crippen LogP) is 3.36. The minimum absolute atomic E-state index is 0.178. The first-order valence-corrected chi connectivity index (χ1v) is 8.19. The van der Waals surface area contributed by atoms with Gasteiger partial charge in [-0.05, 0) is 43.9 Å². The number of benzene rings is 1. The van der Waals surface area contributed by atoms with Crippen LogP contribution in [0.2, 0.25) is 0 Å². The minimum Gasteiger partial charge on any atom is -0.399 e. The molecule has 3 N–H and O–H groups in total. The summed E-state index contributed by atoms with van der Waals surface area (Å²) in [6, 6.07) is 6.15. The quantitative estimate of drug-likeness (QED) is 0.657. The molecule has 1 aromatic heterocycles. The number of rotatable bonds is 2. The third-order valence-electron chi connectivity index (χ3n) is 4.96. The molecule has 4 nitrogen and oxygen atoms in total. The van der Waals surface area contributed by atoms with Crippen LogP contribution in [0, 0.1) is 0 Å². The Labute approximate surface area is 125 Å². The molecule has 2 aromatic rings. The summed E-state index contributed by atoms with van der Waals surface area (Å²) in [5.74, 6) is 1.75. The number of aromatic nitrogens is 2. The molecule has 21 heavy (non-hydrogen) atoms. The van der Waals surface area contributed by atoms with Crippen molar-refractivity contribution in [2.45, 2.75) is 63.0 Å². The van der Waals surface area contributed by atoms with Crippen LogP contribution in [0.15, 0.2) is 18.2 Å². The summed E-state index contributed by atoms with van der Waals surface area (Å²) in [4.78, 5) is 4.85. The molecule has 0 spiro atoms. The number of aliphatic hydroxyl groups is 1. The highest BCUT2D eigenvalue weighted by Gasteiger charge is 2.34. The van der Waals surface area contributed by atoms with Crippen LogP contribution < -0.4 is 5.73 Å². The second-order valence-electron chi connectivity index (χ2n) is 6.64.